The van der Waals surface area contributed by atoms with E-state index in [1.807, 2.05) is 0 Å². The fraction of sp³-hybridized carbons (Fsp3) is 0.308. The summed E-state index contributed by atoms with van der Waals surface area (Å²) in [7, 11) is 1.49. The number of fused-ring (bicyclic) bond motifs is 1. The highest BCUT2D eigenvalue weighted by Crippen LogP contribution is 2.10. The van der Waals surface area contributed by atoms with Crippen molar-refractivity contribution in [1.29, 1.82) is 0 Å². The van der Waals surface area contributed by atoms with Crippen LogP contribution in [0.5, 0.6) is 0 Å². The molecule has 2 aromatic rings. The zero-order chi connectivity index (χ0) is 13.7. The van der Waals surface area contributed by atoms with Gasteiger partial charge in [0.25, 0.3) is 5.91 Å². The molecule has 1 aromatic heterocycles. The topological polar surface area (TPSA) is 84.3 Å². The van der Waals surface area contributed by atoms with Crippen molar-refractivity contribution < 1.29 is 14.6 Å². The lowest BCUT2D eigenvalue weighted by atomic mass is 10.2. The Kier molecular flexibility index (Phi) is 4.38. The number of aliphatic hydroxyl groups is 1. The van der Waals surface area contributed by atoms with E-state index >= 15 is 0 Å². The van der Waals surface area contributed by atoms with E-state index in [1.165, 1.54) is 7.11 Å². The van der Waals surface area contributed by atoms with Gasteiger partial charge in [0.2, 0.25) is 0 Å². The fourth-order valence-corrected chi connectivity index (χ4v) is 1.67. The predicted octanol–water partition coefficient (Wildman–Crippen LogP) is 0.367. The van der Waals surface area contributed by atoms with Crippen LogP contribution in [0.25, 0.3) is 11.0 Å². The Balaban J connectivity index is 2.05. The molecule has 0 fully saturated rings. The summed E-state index contributed by atoms with van der Waals surface area (Å²) in [4.78, 5) is 20.2. The molecule has 19 heavy (non-hydrogen) atoms. The summed E-state index contributed by atoms with van der Waals surface area (Å²) in [5.74, 6) is -0.261. The van der Waals surface area contributed by atoms with Crippen LogP contribution >= 0.6 is 0 Å². The Labute approximate surface area is 110 Å². The number of aliphatic hydroxyl groups excluding tert-OH is 1. The third-order valence-electron chi connectivity index (χ3n) is 2.59. The highest BCUT2D eigenvalue weighted by atomic mass is 16.5. The van der Waals surface area contributed by atoms with Gasteiger partial charge in [0, 0.05) is 31.6 Å². The van der Waals surface area contributed by atoms with Gasteiger partial charge >= 0.3 is 0 Å². The summed E-state index contributed by atoms with van der Waals surface area (Å²) in [6, 6.07) is 5.08. The number of methoxy groups -OCH3 is 1. The number of nitrogens with zero attached hydrogens (tertiary/aromatic N) is 2. The molecule has 0 aliphatic carbocycles. The number of nitrogens with one attached hydrogen (secondary N) is 1. The van der Waals surface area contributed by atoms with Gasteiger partial charge in [-0.1, -0.05) is 0 Å². The highest BCUT2D eigenvalue weighted by molar-refractivity contribution is 5.97. The minimum atomic E-state index is -0.714. The molecular formula is C13H15N3O3. The van der Waals surface area contributed by atoms with Crippen LogP contribution in [0.2, 0.25) is 0 Å². The van der Waals surface area contributed by atoms with E-state index in [0.717, 1.165) is 5.52 Å². The normalized spacial score (nSPS) is 12.3. The van der Waals surface area contributed by atoms with Crippen molar-refractivity contribution in [2.75, 3.05) is 20.3 Å². The van der Waals surface area contributed by atoms with Crippen molar-refractivity contribution in [1.82, 2.24) is 15.3 Å². The Morgan fingerprint density at radius 3 is 2.84 bits per heavy atom. The lowest BCUT2D eigenvalue weighted by Crippen LogP contribution is -2.34. The molecule has 6 nitrogen and oxygen atoms in total. The van der Waals surface area contributed by atoms with E-state index in [2.05, 4.69) is 15.3 Å². The van der Waals surface area contributed by atoms with Gasteiger partial charge in [0.15, 0.2) is 0 Å². The lowest BCUT2D eigenvalue weighted by molar-refractivity contribution is 0.0610. The number of benzene rings is 1. The molecule has 1 atom stereocenters. The molecule has 1 amide bonds. The first-order valence-electron chi connectivity index (χ1n) is 5.86. The van der Waals surface area contributed by atoms with Crippen LogP contribution in [0.4, 0.5) is 0 Å². The molecule has 0 spiro atoms. The summed E-state index contributed by atoms with van der Waals surface area (Å²) >= 11 is 0. The third kappa shape index (κ3) is 3.46. The van der Waals surface area contributed by atoms with Crippen LogP contribution in [-0.2, 0) is 4.74 Å². The van der Waals surface area contributed by atoms with Crippen LogP contribution in [0.1, 0.15) is 10.4 Å². The smallest absolute Gasteiger partial charge is 0.251 e. The second kappa shape index (κ2) is 6.21. The predicted molar refractivity (Wildman–Crippen MR) is 69.8 cm³/mol. The van der Waals surface area contributed by atoms with Gasteiger partial charge in [-0.15, -0.1) is 0 Å². The summed E-state index contributed by atoms with van der Waals surface area (Å²) in [5.41, 5.74) is 1.88. The number of hydrogen-bond acceptors (Lipinski definition) is 5. The van der Waals surface area contributed by atoms with Gasteiger partial charge in [-0.2, -0.15) is 0 Å². The molecule has 2 N–H and O–H groups in total. The first kappa shape index (κ1) is 13.4. The van der Waals surface area contributed by atoms with Crippen molar-refractivity contribution in [3.63, 3.8) is 0 Å². The van der Waals surface area contributed by atoms with Crippen LogP contribution in [0.3, 0.4) is 0 Å². The van der Waals surface area contributed by atoms with E-state index < -0.39 is 6.10 Å². The van der Waals surface area contributed by atoms with Gasteiger partial charge < -0.3 is 15.2 Å². The van der Waals surface area contributed by atoms with Crippen molar-refractivity contribution in [2.24, 2.45) is 0 Å². The maximum absolute atomic E-state index is 11.9. The third-order valence-corrected chi connectivity index (χ3v) is 2.59. The Morgan fingerprint density at radius 2 is 2.11 bits per heavy atom. The molecular weight excluding hydrogens is 246 g/mol. The quantitative estimate of drug-likeness (QED) is 0.812. The Hall–Kier alpha value is -2.05. The summed E-state index contributed by atoms with van der Waals surface area (Å²) in [6.45, 7) is 0.328. The minimum absolute atomic E-state index is 0.144. The van der Waals surface area contributed by atoms with E-state index in [-0.39, 0.29) is 19.1 Å². The molecule has 1 aromatic carbocycles. The van der Waals surface area contributed by atoms with E-state index in [1.54, 1.807) is 30.6 Å². The molecule has 2 rings (SSSR count). The van der Waals surface area contributed by atoms with Crippen molar-refractivity contribution >= 4 is 16.9 Å². The minimum Gasteiger partial charge on any atom is -0.389 e. The van der Waals surface area contributed by atoms with Gasteiger partial charge in [-0.3, -0.25) is 14.8 Å². The van der Waals surface area contributed by atoms with Crippen LogP contribution < -0.4 is 5.32 Å². The Bertz CT molecular complexity index is 574. The average Bonchev–Trinajstić information content (AvgIpc) is 2.44. The number of carbonyl (C=O) groups is 1. The molecule has 100 valence electrons. The lowest BCUT2D eigenvalue weighted by Gasteiger charge is -2.10. The molecule has 6 heteroatoms. The molecule has 0 bridgehead atoms. The van der Waals surface area contributed by atoms with Gasteiger partial charge in [0.1, 0.15) is 0 Å². The molecule has 1 unspecified atom stereocenters. The summed E-state index contributed by atoms with van der Waals surface area (Å²) in [5, 5.41) is 12.1. The first-order chi connectivity index (χ1) is 9.20. The van der Waals surface area contributed by atoms with Crippen LogP contribution in [0, 0.1) is 0 Å². The van der Waals surface area contributed by atoms with Gasteiger partial charge in [0.05, 0.1) is 23.7 Å². The molecule has 0 saturated carbocycles. The molecule has 0 saturated heterocycles. The summed E-state index contributed by atoms with van der Waals surface area (Å²) < 4.78 is 4.78. The van der Waals surface area contributed by atoms with Crippen molar-refractivity contribution in [3.05, 3.63) is 36.2 Å². The molecule has 0 radical (unpaired) electrons. The number of hydrogen-bond donors (Lipinski definition) is 2. The fourth-order valence-electron chi connectivity index (χ4n) is 1.67. The second-order valence-corrected chi connectivity index (χ2v) is 4.08. The molecule has 1 heterocycles. The van der Waals surface area contributed by atoms with Gasteiger partial charge in [-0.25, -0.2) is 0 Å². The van der Waals surface area contributed by atoms with E-state index in [9.17, 15) is 9.90 Å². The number of rotatable bonds is 5. The second-order valence-electron chi connectivity index (χ2n) is 4.08. The Morgan fingerprint density at radius 1 is 1.37 bits per heavy atom. The number of aromatic nitrogens is 2. The van der Waals surface area contributed by atoms with E-state index in [4.69, 9.17) is 4.74 Å². The zero-order valence-electron chi connectivity index (χ0n) is 10.5. The number of ether oxygens (including phenoxy) is 1. The average molecular weight is 261 g/mol. The monoisotopic (exact) mass is 261 g/mol. The zero-order valence-corrected chi connectivity index (χ0v) is 10.5. The standard InChI is InChI=1S/C13H15N3O3/c1-19-8-10(17)7-16-13(18)9-2-3-11-12(6-9)15-5-4-14-11/h2-6,10,17H,7-8H2,1H3,(H,16,18). The largest absolute Gasteiger partial charge is 0.389 e. The van der Waals surface area contributed by atoms with Crippen LogP contribution in [0.15, 0.2) is 30.6 Å². The van der Waals surface area contributed by atoms with Crippen molar-refractivity contribution in [2.45, 2.75) is 6.10 Å². The summed E-state index contributed by atoms with van der Waals surface area (Å²) in [6.07, 6.45) is 2.46. The molecule has 0 aliphatic heterocycles. The highest BCUT2D eigenvalue weighted by Gasteiger charge is 2.09. The number of amides is 1. The van der Waals surface area contributed by atoms with Crippen molar-refractivity contribution in [3.8, 4) is 0 Å². The van der Waals surface area contributed by atoms with Crippen LogP contribution in [-0.4, -0.2) is 47.3 Å². The van der Waals surface area contributed by atoms with Gasteiger partial charge in [-0.05, 0) is 18.2 Å². The first-order valence-corrected chi connectivity index (χ1v) is 5.86. The van der Waals surface area contributed by atoms with E-state index in [0.29, 0.717) is 11.1 Å². The SMILES string of the molecule is COCC(O)CNC(=O)c1ccc2nccnc2c1. The number of carbonyl (C=O) groups excluding carboxylic acids is 1. The molecule has 0 aliphatic rings. The maximum atomic E-state index is 11.9. The maximum Gasteiger partial charge on any atom is 0.251 e.